The van der Waals surface area contributed by atoms with E-state index in [1.165, 1.54) is 7.14 Å². The Hall–Kier alpha value is -0.980. The maximum Gasteiger partial charge on any atom is 0.420 e. The third kappa shape index (κ3) is 5.12. The topological polar surface area (TPSA) is 0 Å². The molecule has 2 rings (SSSR count). The highest BCUT2D eigenvalue weighted by Gasteiger charge is 2.07. The van der Waals surface area contributed by atoms with Gasteiger partial charge < -0.3 is 0 Å². The van der Waals surface area contributed by atoms with Crippen LogP contribution in [0.5, 0.6) is 0 Å². The van der Waals surface area contributed by atoms with Crippen molar-refractivity contribution in [2.45, 2.75) is 0 Å². The van der Waals surface area contributed by atoms with E-state index in [0.29, 0.717) is 0 Å². The molecule has 0 spiro atoms. The van der Waals surface area contributed by atoms with Crippen LogP contribution in [0.2, 0.25) is 0 Å². The normalized spacial score (nSPS) is 8.67. The summed E-state index contributed by atoms with van der Waals surface area (Å²) in [6, 6.07) is 20.8. The van der Waals surface area contributed by atoms with Gasteiger partial charge in [0.15, 0.2) is 0 Å². The third-order valence-electron chi connectivity index (χ3n) is 1.94. The maximum atomic E-state index is 3.19. The van der Waals surface area contributed by atoms with Crippen LogP contribution in [-0.2, 0) is 0 Å². The molecule has 0 radical (unpaired) electrons. The van der Waals surface area contributed by atoms with Gasteiger partial charge in [0.2, 0.25) is 15.0 Å². The van der Waals surface area contributed by atoms with Gasteiger partial charge in [-0.3, -0.25) is 0 Å². The number of hydrogen-bond donors (Lipinski definition) is 0. The minimum atomic E-state index is -0.198. The predicted octanol–water partition coefficient (Wildman–Crippen LogP) is -3.17. The first-order chi connectivity index (χ1) is 8.95. The Bertz CT molecular complexity index is 538. The highest BCUT2D eigenvalue weighted by Crippen LogP contribution is 1.82. The van der Waals surface area contributed by atoms with Gasteiger partial charge in [0.05, 0.1) is 0 Å². The molecule has 2 aromatic carbocycles. The number of halogens is 2. The molecule has 0 atom stereocenters. The molecule has 86 valence electrons. The fraction of sp³-hybridized carbons (Fsp3) is 0. The summed E-state index contributed by atoms with van der Waals surface area (Å²) in [5, 5.41) is 0. The van der Waals surface area contributed by atoms with Crippen molar-refractivity contribution in [2.24, 2.45) is 0 Å². The fourth-order valence-electron chi connectivity index (χ4n) is 1.16. The largest absolute Gasteiger partial charge is 0.420 e. The Morgan fingerprint density at radius 1 is 0.556 bits per heavy atom. The molecule has 0 unspecified atom stereocenters. The lowest BCUT2D eigenvalue weighted by Gasteiger charge is -1.76. The summed E-state index contributed by atoms with van der Waals surface area (Å²) in [5.41, 5.74) is 0. The molecule has 0 aliphatic rings. The molecular weight excluding hydrogens is 446 g/mol. The van der Waals surface area contributed by atoms with Gasteiger partial charge in [0.25, 0.3) is 0 Å². The molecule has 0 saturated heterocycles. The Labute approximate surface area is 129 Å². The Morgan fingerprint density at radius 3 is 1.33 bits per heavy atom. The second kappa shape index (κ2) is 8.18. The van der Waals surface area contributed by atoms with E-state index in [9.17, 15) is 0 Å². The van der Waals surface area contributed by atoms with Crippen LogP contribution >= 0.6 is 0 Å². The highest BCUT2D eigenvalue weighted by molar-refractivity contribution is 5.20. The lowest BCUT2D eigenvalue weighted by molar-refractivity contribution is -0.536. The molecule has 2 heteroatoms. The third-order valence-corrected chi connectivity index (χ3v) is 5.70. The minimum absolute atomic E-state index is 0.198. The van der Waals surface area contributed by atoms with E-state index < -0.39 is 0 Å². The molecule has 0 fully saturated rings. The number of hydrogen-bond acceptors (Lipinski definition) is 0. The lowest BCUT2D eigenvalue weighted by atomic mass is 10.4. The van der Waals surface area contributed by atoms with Crippen molar-refractivity contribution in [3.63, 3.8) is 0 Å². The van der Waals surface area contributed by atoms with Crippen LogP contribution < -0.4 is 42.4 Å². The smallest absolute Gasteiger partial charge is 0.0619 e. The van der Waals surface area contributed by atoms with Gasteiger partial charge in [-0.25, -0.2) is 0 Å². The quantitative estimate of drug-likeness (QED) is 0.331. The standard InChI is InChI=1S/C16H10I2/c1-3-9-15(10-4-1)17-13-7-8-14-18-16-11-5-2-6-12-16/h1-6,9-12H/q+2. The van der Waals surface area contributed by atoms with Crippen LogP contribution in [0.4, 0.5) is 0 Å². The van der Waals surface area contributed by atoms with Gasteiger partial charge in [-0.1, -0.05) is 36.4 Å². The highest BCUT2D eigenvalue weighted by atomic mass is 127. The van der Waals surface area contributed by atoms with Crippen molar-refractivity contribution in [1.82, 2.24) is 0 Å². The van der Waals surface area contributed by atoms with Crippen molar-refractivity contribution in [3.8, 4) is 19.7 Å². The summed E-state index contributed by atoms with van der Waals surface area (Å²) in [6.07, 6.45) is 0. The second-order valence-electron chi connectivity index (χ2n) is 3.22. The summed E-state index contributed by atoms with van der Waals surface area (Å²) >= 11 is -0.395. The zero-order valence-electron chi connectivity index (χ0n) is 9.53. The molecule has 0 aromatic heterocycles. The van der Waals surface area contributed by atoms with Crippen LogP contribution in [-0.4, -0.2) is 0 Å². The summed E-state index contributed by atoms with van der Waals surface area (Å²) < 4.78 is 9.08. The summed E-state index contributed by atoms with van der Waals surface area (Å²) in [7, 11) is 0. The molecule has 0 aliphatic carbocycles. The average Bonchev–Trinajstić information content (AvgIpc) is 2.45. The molecule has 0 amide bonds. The number of rotatable bonds is 2. The van der Waals surface area contributed by atoms with E-state index in [-0.39, 0.29) is 42.4 Å². The van der Waals surface area contributed by atoms with Crippen LogP contribution in [0, 0.1) is 26.8 Å². The molecule has 0 nitrogen and oxygen atoms in total. The molecular formula is C16H10I2+2. The summed E-state index contributed by atoms with van der Waals surface area (Å²) in [5.74, 6) is 5.94. The van der Waals surface area contributed by atoms with Gasteiger partial charge in [-0.05, 0) is 24.3 Å². The fourth-order valence-corrected chi connectivity index (χ4v) is 3.87. The molecule has 0 N–H and O–H groups in total. The first kappa shape index (κ1) is 13.5. The SMILES string of the molecule is C(C#C[I+]c1ccccc1)#C[I+]c1ccccc1. The van der Waals surface area contributed by atoms with Gasteiger partial charge in [-0.15, -0.1) is 0 Å². The van der Waals surface area contributed by atoms with Crippen molar-refractivity contribution in [3.05, 3.63) is 67.8 Å². The zero-order chi connectivity index (χ0) is 12.5. The van der Waals surface area contributed by atoms with Crippen LogP contribution in [0.15, 0.2) is 60.7 Å². The van der Waals surface area contributed by atoms with Gasteiger partial charge in [-0.2, -0.15) is 0 Å². The van der Waals surface area contributed by atoms with Gasteiger partial charge >= 0.3 is 42.4 Å². The van der Waals surface area contributed by atoms with Crippen molar-refractivity contribution < 1.29 is 42.4 Å². The van der Waals surface area contributed by atoms with Crippen LogP contribution in [0.1, 0.15) is 0 Å². The first-order valence-corrected chi connectivity index (χ1v) is 9.64. The van der Waals surface area contributed by atoms with Crippen LogP contribution in [0.3, 0.4) is 0 Å². The first-order valence-electron chi connectivity index (χ1n) is 5.33. The Kier molecular flexibility index (Phi) is 6.11. The van der Waals surface area contributed by atoms with Crippen molar-refractivity contribution in [1.29, 1.82) is 0 Å². The molecule has 0 heterocycles. The van der Waals surface area contributed by atoms with Gasteiger partial charge in [0.1, 0.15) is 0 Å². The van der Waals surface area contributed by atoms with Crippen molar-refractivity contribution in [2.75, 3.05) is 0 Å². The molecule has 2 aromatic rings. The average molecular weight is 456 g/mol. The molecule has 0 aliphatic heterocycles. The Balaban J connectivity index is 1.83. The summed E-state index contributed by atoms with van der Waals surface area (Å²) in [4.78, 5) is 0. The summed E-state index contributed by atoms with van der Waals surface area (Å²) in [6.45, 7) is 0. The van der Waals surface area contributed by atoms with E-state index >= 15 is 0 Å². The number of benzene rings is 2. The second-order valence-corrected chi connectivity index (χ2v) is 7.87. The Morgan fingerprint density at radius 2 is 0.944 bits per heavy atom. The zero-order valence-corrected chi connectivity index (χ0v) is 13.8. The molecule has 0 saturated carbocycles. The maximum absolute atomic E-state index is 3.19. The van der Waals surface area contributed by atoms with E-state index in [1.807, 2.05) is 12.1 Å². The monoisotopic (exact) mass is 456 g/mol. The lowest BCUT2D eigenvalue weighted by Crippen LogP contribution is -3.59. The predicted molar refractivity (Wildman–Crippen MR) is 65.8 cm³/mol. The minimum Gasteiger partial charge on any atom is -0.0619 e. The van der Waals surface area contributed by atoms with Crippen molar-refractivity contribution >= 4 is 0 Å². The van der Waals surface area contributed by atoms with E-state index in [1.54, 1.807) is 0 Å². The van der Waals surface area contributed by atoms with E-state index in [0.717, 1.165) is 0 Å². The molecule has 18 heavy (non-hydrogen) atoms. The molecule has 0 bridgehead atoms. The van der Waals surface area contributed by atoms with E-state index in [2.05, 4.69) is 68.2 Å². The van der Waals surface area contributed by atoms with Crippen LogP contribution in [0.25, 0.3) is 0 Å². The van der Waals surface area contributed by atoms with Gasteiger partial charge in [0, 0.05) is 11.8 Å². The van der Waals surface area contributed by atoms with E-state index in [4.69, 9.17) is 0 Å².